The van der Waals surface area contributed by atoms with Crippen LogP contribution in [0.3, 0.4) is 0 Å². The zero-order valence-electron chi connectivity index (χ0n) is 1.52. The van der Waals surface area contributed by atoms with Crippen molar-refractivity contribution in [2.75, 3.05) is 0 Å². The quantitative estimate of drug-likeness (QED) is 0.435. The zero-order valence-corrected chi connectivity index (χ0v) is 8.71. The van der Waals surface area contributed by atoms with Crippen LogP contribution in [-0.4, -0.2) is 62.4 Å². The summed E-state index contributed by atoms with van der Waals surface area (Å²) < 4.78 is 0. The Hall–Kier alpha value is 2.37. The van der Waals surface area contributed by atoms with Crippen molar-refractivity contribution < 1.29 is 0 Å². The van der Waals surface area contributed by atoms with Gasteiger partial charge < -0.3 is 0 Å². The molecule has 0 aliphatic carbocycles. The van der Waals surface area contributed by atoms with Gasteiger partial charge in [0.05, 0.1) is 0 Å². The van der Waals surface area contributed by atoms with E-state index in [-0.39, 0.29) is 42.0 Å². The first kappa shape index (κ1) is 16.2. The molecule has 0 nitrogen and oxygen atoms in total. The summed E-state index contributed by atoms with van der Waals surface area (Å²) in [7, 11) is 4.09. The summed E-state index contributed by atoms with van der Waals surface area (Å²) in [5, 5.41) is 0. The van der Waals surface area contributed by atoms with Gasteiger partial charge in [-0.25, -0.2) is 0 Å². The molecule has 0 bridgehead atoms. The number of hydrogen-bond donors (Lipinski definition) is 0. The minimum atomic E-state index is 0. The summed E-state index contributed by atoms with van der Waals surface area (Å²) in [6.45, 7) is 0. The van der Waals surface area contributed by atoms with E-state index in [4.69, 9.17) is 0 Å². The summed E-state index contributed by atoms with van der Waals surface area (Å²) in [6, 6.07) is 0. The molecule has 0 fully saturated rings. The summed E-state index contributed by atoms with van der Waals surface area (Å²) in [5.74, 6) is 0. The molecule has 0 N–H and O–H groups in total. The van der Waals surface area contributed by atoms with Crippen molar-refractivity contribution in [3.05, 3.63) is 0 Å². The molecule has 0 unspecified atom stereocenters. The third-order valence-corrected chi connectivity index (χ3v) is 0. The van der Waals surface area contributed by atoms with E-state index in [2.05, 4.69) is 9.34 Å². The third-order valence-electron chi connectivity index (χ3n) is 0. The maximum absolute atomic E-state index is 4.09. The van der Waals surface area contributed by atoms with Gasteiger partial charge in [0.15, 0.2) is 0 Å². The Morgan fingerprint density at radius 1 is 1.25 bits per heavy atom. The standard InChI is InChI=1S/GeH4.STe.Sb.3H/c;1-2;;;;/h1H4;;;;;. The molecule has 0 aromatic heterocycles. The molecule has 4 heavy (non-hydrogen) atoms. The Morgan fingerprint density at radius 3 is 1.25 bits per heavy atom. The van der Waals surface area contributed by atoms with Crippen LogP contribution in [0.5, 0.6) is 0 Å². The molecule has 0 radical (unpaired) electrons. The van der Waals surface area contributed by atoms with Gasteiger partial charge in [0.1, 0.15) is 0 Å². The third kappa shape index (κ3) is 8.84. The van der Waals surface area contributed by atoms with Crippen molar-refractivity contribution >= 4 is 71.7 Å². The number of hydrogen-bond acceptors (Lipinski definition) is 1. The Labute approximate surface area is 70.6 Å². The van der Waals surface area contributed by atoms with E-state index < -0.39 is 0 Å². The molecule has 0 amide bonds. The molecule has 0 atom stereocenters. The number of rotatable bonds is 0. The normalized spacial score (nSPS) is 1.00. The van der Waals surface area contributed by atoms with Gasteiger partial charge in [-0.1, -0.05) is 0 Å². The van der Waals surface area contributed by atoms with Crippen molar-refractivity contribution in [2.24, 2.45) is 0 Å². The summed E-state index contributed by atoms with van der Waals surface area (Å²) in [6.07, 6.45) is 0. The van der Waals surface area contributed by atoms with Crippen LogP contribution < -0.4 is 0 Å². The van der Waals surface area contributed by atoms with Gasteiger partial charge >= 0.3 is 71.7 Å². The van der Waals surface area contributed by atoms with Crippen LogP contribution in [0.25, 0.3) is 0 Å². The zero-order chi connectivity index (χ0) is 2.00. The topological polar surface area (TPSA) is 0 Å². The average Bonchev–Trinajstić information content (AvgIpc) is 1.00. The maximum atomic E-state index is 4.09. The van der Waals surface area contributed by atoms with Crippen LogP contribution in [0.4, 0.5) is 0 Å². The van der Waals surface area contributed by atoms with Gasteiger partial charge in [-0.15, -0.1) is 0 Å². The molecule has 0 aromatic carbocycles. The van der Waals surface area contributed by atoms with E-state index >= 15 is 0 Å². The fraction of sp³-hybridized carbons (Fsp3) is 0. The first-order chi connectivity index (χ1) is 1.00. The van der Waals surface area contributed by atoms with Gasteiger partial charge in [-0.3, -0.25) is 0 Å². The molecule has 0 aliphatic heterocycles. The second-order valence-electron chi connectivity index (χ2n) is 0. The first-order valence-electron chi connectivity index (χ1n) is 0.167. The molecule has 0 heterocycles. The van der Waals surface area contributed by atoms with Gasteiger partial charge in [0, 0.05) is 0 Å². The SMILES string of the molecule is S=[Te].[GeH4].[SbH3]. The van der Waals surface area contributed by atoms with Crippen LogP contribution in [0.2, 0.25) is 0 Å². The van der Waals surface area contributed by atoms with Crippen LogP contribution in [0.15, 0.2) is 0 Å². The van der Waals surface area contributed by atoms with Crippen molar-refractivity contribution in [1.29, 1.82) is 0 Å². The molecule has 0 aliphatic rings. The molecule has 28 valence electrons. The molecule has 0 saturated carbocycles. The molecular formula is H7GeSSbTe. The van der Waals surface area contributed by atoms with E-state index in [1.165, 1.54) is 20.4 Å². The molecular weight excluding hydrogens is 354 g/mol. The average molecular weight is 361 g/mol. The fourth-order valence-electron chi connectivity index (χ4n) is 0. The Bertz CT molecular complexity index is 8.00. The summed E-state index contributed by atoms with van der Waals surface area (Å²) in [4.78, 5) is 0. The Kier molecular flexibility index (Phi) is 73.8. The van der Waals surface area contributed by atoms with Crippen molar-refractivity contribution in [3.63, 3.8) is 0 Å². The van der Waals surface area contributed by atoms with Gasteiger partial charge in [-0.05, 0) is 0 Å². The monoisotopic (exact) mass is 364 g/mol. The Morgan fingerprint density at radius 2 is 1.25 bits per heavy atom. The van der Waals surface area contributed by atoms with Crippen LogP contribution >= 0.6 is 9.34 Å². The van der Waals surface area contributed by atoms with E-state index in [9.17, 15) is 0 Å². The van der Waals surface area contributed by atoms with E-state index in [1.807, 2.05) is 0 Å². The van der Waals surface area contributed by atoms with Crippen LogP contribution in [-0.2, 0) is 0 Å². The van der Waals surface area contributed by atoms with Crippen molar-refractivity contribution in [3.8, 4) is 0 Å². The van der Waals surface area contributed by atoms with E-state index in [1.54, 1.807) is 0 Å². The first-order valence-corrected chi connectivity index (χ1v) is 3.35. The predicted octanol–water partition coefficient (Wildman–Crippen LogP) is -2.37. The van der Waals surface area contributed by atoms with E-state index in [0.29, 0.717) is 0 Å². The second-order valence-corrected chi connectivity index (χ2v) is 0. The van der Waals surface area contributed by atoms with E-state index in [0.717, 1.165) is 0 Å². The molecule has 0 aromatic rings. The van der Waals surface area contributed by atoms with Gasteiger partial charge in [-0.2, -0.15) is 0 Å². The summed E-state index contributed by atoms with van der Waals surface area (Å²) in [5.41, 5.74) is 0. The molecule has 0 saturated heterocycles. The fourth-order valence-corrected chi connectivity index (χ4v) is 0. The Balaban J connectivity index is -0.00000000500. The minimum absolute atomic E-state index is 0. The van der Waals surface area contributed by atoms with Gasteiger partial charge in [0.2, 0.25) is 0 Å². The molecule has 0 spiro atoms. The van der Waals surface area contributed by atoms with Crippen molar-refractivity contribution in [2.45, 2.75) is 0 Å². The van der Waals surface area contributed by atoms with Crippen LogP contribution in [0.1, 0.15) is 0 Å². The van der Waals surface area contributed by atoms with Crippen LogP contribution in [0, 0.1) is 0 Å². The molecule has 4 heteroatoms. The molecule has 0 rings (SSSR count). The second kappa shape index (κ2) is 18.3. The van der Waals surface area contributed by atoms with Gasteiger partial charge in [0.25, 0.3) is 0 Å². The van der Waals surface area contributed by atoms with Crippen molar-refractivity contribution in [1.82, 2.24) is 0 Å². The predicted molar refractivity (Wildman–Crippen MR) is 34.6 cm³/mol. The summed E-state index contributed by atoms with van der Waals surface area (Å²) >= 11 is 1.53.